The van der Waals surface area contributed by atoms with E-state index in [1.54, 1.807) is 30.6 Å². The molecule has 0 saturated heterocycles. The summed E-state index contributed by atoms with van der Waals surface area (Å²) in [6.45, 7) is 2.90. The fourth-order valence-electron chi connectivity index (χ4n) is 3.37. The van der Waals surface area contributed by atoms with Crippen LogP contribution in [-0.2, 0) is 27.6 Å². The van der Waals surface area contributed by atoms with E-state index in [0.717, 1.165) is 24.0 Å². The Morgan fingerprint density at radius 2 is 1.88 bits per heavy atom. The quantitative estimate of drug-likeness (QED) is 0.478. The fraction of sp³-hybridized carbons (Fsp3) is 0.292. The smallest absolute Gasteiger partial charge is 0.238 e. The zero-order valence-electron chi connectivity index (χ0n) is 18.4. The molecule has 0 aliphatic rings. The molecule has 0 spiro atoms. The van der Waals surface area contributed by atoms with E-state index < -0.39 is 9.84 Å². The maximum absolute atomic E-state index is 12.9. The number of nitrogens with zero attached hydrogens (tertiary/aromatic N) is 1. The first-order valence-electron chi connectivity index (χ1n) is 10.2. The lowest BCUT2D eigenvalue weighted by Crippen LogP contribution is -2.40. The summed E-state index contributed by atoms with van der Waals surface area (Å²) >= 11 is 1.70. The lowest BCUT2D eigenvalue weighted by molar-refractivity contribution is -0.118. The summed E-state index contributed by atoms with van der Waals surface area (Å²) in [7, 11) is -1.71. The Morgan fingerprint density at radius 1 is 1.12 bits per heavy atom. The predicted octanol–water partition coefficient (Wildman–Crippen LogP) is 4.23. The van der Waals surface area contributed by atoms with Crippen LogP contribution in [-0.4, -0.2) is 45.2 Å². The first-order valence-corrected chi connectivity index (χ1v) is 13.0. The van der Waals surface area contributed by atoms with Crippen molar-refractivity contribution >= 4 is 32.8 Å². The number of benzene rings is 2. The highest BCUT2D eigenvalue weighted by Crippen LogP contribution is 2.19. The molecule has 0 saturated carbocycles. The molecule has 1 amide bonds. The van der Waals surface area contributed by atoms with Gasteiger partial charge in [0.2, 0.25) is 5.91 Å². The number of rotatable bonds is 10. The molecule has 1 atom stereocenters. The van der Waals surface area contributed by atoms with Crippen LogP contribution in [0.25, 0.3) is 0 Å². The average Bonchev–Trinajstić information content (AvgIpc) is 3.26. The number of amides is 1. The maximum Gasteiger partial charge on any atom is 0.238 e. The molecule has 0 aliphatic carbocycles. The van der Waals surface area contributed by atoms with E-state index in [2.05, 4.69) is 28.6 Å². The molecule has 3 aromatic rings. The van der Waals surface area contributed by atoms with Crippen LogP contribution in [0.2, 0.25) is 0 Å². The number of hydrogen-bond acceptors (Lipinski definition) is 6. The molecule has 0 bridgehead atoms. The molecule has 1 unspecified atom stereocenters. The summed E-state index contributed by atoms with van der Waals surface area (Å²) in [5.41, 5.74) is 1.55. The molecular weight excluding hydrogens is 444 g/mol. The van der Waals surface area contributed by atoms with E-state index in [4.69, 9.17) is 4.74 Å². The normalized spacial score (nSPS) is 12.5. The lowest BCUT2D eigenvalue weighted by Gasteiger charge is -2.28. The second kappa shape index (κ2) is 10.8. The van der Waals surface area contributed by atoms with Gasteiger partial charge >= 0.3 is 0 Å². The van der Waals surface area contributed by atoms with Gasteiger partial charge in [0.15, 0.2) is 9.84 Å². The van der Waals surface area contributed by atoms with Crippen LogP contribution >= 0.6 is 11.3 Å². The van der Waals surface area contributed by atoms with Crippen molar-refractivity contribution in [3.8, 4) is 5.75 Å². The zero-order chi connectivity index (χ0) is 23.1. The number of hydrogen-bond donors (Lipinski definition) is 1. The van der Waals surface area contributed by atoms with Crippen molar-refractivity contribution < 1.29 is 17.9 Å². The number of nitrogens with one attached hydrogen (secondary N) is 1. The number of sulfone groups is 1. The molecule has 1 N–H and O–H groups in total. The highest BCUT2D eigenvalue weighted by atomic mass is 32.2. The molecule has 6 nitrogen and oxygen atoms in total. The second-order valence-electron chi connectivity index (χ2n) is 7.73. The van der Waals surface area contributed by atoms with Crippen molar-refractivity contribution in [3.63, 3.8) is 0 Å². The number of carbonyl (C=O) groups is 1. The largest absolute Gasteiger partial charge is 0.497 e. The van der Waals surface area contributed by atoms with Gasteiger partial charge in [-0.25, -0.2) is 8.42 Å². The Morgan fingerprint density at radius 3 is 2.50 bits per heavy atom. The molecule has 3 rings (SSSR count). The van der Waals surface area contributed by atoms with Gasteiger partial charge in [-0.15, -0.1) is 11.3 Å². The van der Waals surface area contributed by atoms with Crippen molar-refractivity contribution in [1.29, 1.82) is 0 Å². The Kier molecular flexibility index (Phi) is 8.06. The average molecular weight is 473 g/mol. The Hall–Kier alpha value is -2.68. The number of thiophene rings is 1. The Bertz CT molecular complexity index is 1130. The Labute approximate surface area is 193 Å². The van der Waals surface area contributed by atoms with Crippen LogP contribution in [0.5, 0.6) is 5.75 Å². The molecule has 0 radical (unpaired) electrons. The van der Waals surface area contributed by atoms with Crippen molar-refractivity contribution in [3.05, 3.63) is 76.5 Å². The van der Waals surface area contributed by atoms with Gasteiger partial charge in [0, 0.05) is 29.4 Å². The van der Waals surface area contributed by atoms with Crippen LogP contribution in [0, 0.1) is 0 Å². The molecule has 0 aliphatic heterocycles. The molecule has 0 fully saturated rings. The van der Waals surface area contributed by atoms with Crippen molar-refractivity contribution in [1.82, 2.24) is 4.90 Å². The van der Waals surface area contributed by atoms with E-state index in [1.165, 1.54) is 17.0 Å². The van der Waals surface area contributed by atoms with Crippen LogP contribution in [0.15, 0.2) is 70.9 Å². The molecule has 1 aromatic heterocycles. The summed E-state index contributed by atoms with van der Waals surface area (Å²) in [5, 5.41) is 4.89. The van der Waals surface area contributed by atoms with Gasteiger partial charge in [-0.1, -0.05) is 24.3 Å². The van der Waals surface area contributed by atoms with E-state index >= 15 is 0 Å². The third-order valence-electron chi connectivity index (χ3n) is 5.14. The van der Waals surface area contributed by atoms with Crippen LogP contribution in [0.3, 0.4) is 0 Å². The number of methoxy groups -OCH3 is 1. The minimum Gasteiger partial charge on any atom is -0.497 e. The summed E-state index contributed by atoms with van der Waals surface area (Å²) in [6.07, 6.45) is 1.99. The predicted molar refractivity (Wildman–Crippen MR) is 129 cm³/mol. The Balaban J connectivity index is 1.73. The molecule has 8 heteroatoms. The molecule has 2 aromatic carbocycles. The van der Waals surface area contributed by atoms with Crippen molar-refractivity contribution in [2.24, 2.45) is 0 Å². The summed E-state index contributed by atoms with van der Waals surface area (Å²) in [4.78, 5) is 16.4. The SMILES string of the molecule is COc1ccc(CN(CC(=O)Nc2cccc(S(C)(=O)=O)c2)C(C)Cc2cccs2)cc1. The van der Waals surface area contributed by atoms with E-state index in [1.807, 2.05) is 30.3 Å². The number of carbonyl (C=O) groups excluding carboxylic acids is 1. The van der Waals surface area contributed by atoms with Crippen LogP contribution in [0.1, 0.15) is 17.4 Å². The monoisotopic (exact) mass is 472 g/mol. The topological polar surface area (TPSA) is 75.7 Å². The fourth-order valence-corrected chi connectivity index (χ4v) is 4.86. The van der Waals surface area contributed by atoms with E-state index in [9.17, 15) is 13.2 Å². The molecule has 1 heterocycles. The maximum atomic E-state index is 12.9. The first kappa shape index (κ1) is 24.0. The van der Waals surface area contributed by atoms with Gasteiger partial charge in [0.05, 0.1) is 18.6 Å². The standard InChI is InChI=1S/C24H28N2O4S2/c1-18(14-22-7-5-13-31-22)26(16-19-9-11-21(30-2)12-10-19)17-24(27)25-20-6-4-8-23(15-20)32(3,28)29/h4-13,15,18H,14,16-17H2,1-3H3,(H,25,27). The molecule has 32 heavy (non-hydrogen) atoms. The van der Waals surface area contributed by atoms with Crippen molar-refractivity contribution in [2.45, 2.75) is 30.8 Å². The van der Waals surface area contributed by atoms with E-state index in [0.29, 0.717) is 12.2 Å². The van der Waals surface area contributed by atoms with Gasteiger partial charge in [-0.3, -0.25) is 9.69 Å². The van der Waals surface area contributed by atoms with Crippen LogP contribution in [0.4, 0.5) is 5.69 Å². The minimum atomic E-state index is -3.34. The van der Waals surface area contributed by atoms with Crippen LogP contribution < -0.4 is 10.1 Å². The number of ether oxygens (including phenoxy) is 1. The summed E-state index contributed by atoms with van der Waals surface area (Å²) in [5.74, 6) is 0.595. The van der Waals surface area contributed by atoms with Gasteiger partial charge in [0.25, 0.3) is 0 Å². The number of anilines is 1. The van der Waals surface area contributed by atoms with E-state index in [-0.39, 0.29) is 23.4 Å². The second-order valence-corrected chi connectivity index (χ2v) is 10.8. The molecule has 170 valence electrons. The highest BCUT2D eigenvalue weighted by Gasteiger charge is 2.19. The molecular formula is C24H28N2O4S2. The van der Waals surface area contributed by atoms with Gasteiger partial charge < -0.3 is 10.1 Å². The third-order valence-corrected chi connectivity index (χ3v) is 7.15. The van der Waals surface area contributed by atoms with Gasteiger partial charge in [-0.05, 0) is 60.7 Å². The highest BCUT2D eigenvalue weighted by molar-refractivity contribution is 7.90. The van der Waals surface area contributed by atoms with Gasteiger partial charge in [-0.2, -0.15) is 0 Å². The van der Waals surface area contributed by atoms with Gasteiger partial charge in [0.1, 0.15) is 5.75 Å². The zero-order valence-corrected chi connectivity index (χ0v) is 20.1. The summed E-state index contributed by atoms with van der Waals surface area (Å²) < 4.78 is 28.9. The third kappa shape index (κ3) is 6.91. The first-order chi connectivity index (χ1) is 15.2. The minimum absolute atomic E-state index is 0.129. The van der Waals surface area contributed by atoms with Crippen molar-refractivity contribution in [2.75, 3.05) is 25.2 Å². The summed E-state index contributed by atoms with van der Waals surface area (Å²) in [6, 6.07) is 18.4. The lowest BCUT2D eigenvalue weighted by atomic mass is 10.1.